The van der Waals surface area contributed by atoms with Crippen LogP contribution in [0.25, 0.3) is 33.5 Å². The van der Waals surface area contributed by atoms with Crippen LogP contribution in [0.3, 0.4) is 0 Å². The predicted molar refractivity (Wildman–Crippen MR) is 153 cm³/mol. The minimum absolute atomic E-state index is 0.267. The molecule has 2 heterocycles. The number of benzene rings is 3. The van der Waals surface area contributed by atoms with Gasteiger partial charge in [-0.05, 0) is 87.7 Å². The average molecular weight is 639 g/mol. The first-order chi connectivity index (χ1) is 18.4. The second-order valence-corrected chi connectivity index (χ2v) is 10.00. The molecule has 192 valence electrons. The number of rotatable bonds is 7. The molecule has 2 aromatic heterocycles. The van der Waals surface area contributed by atoms with Crippen LogP contribution in [0, 0.1) is 0 Å². The largest absolute Gasteiger partial charge is 0.477 e. The molecule has 10 heteroatoms. The van der Waals surface area contributed by atoms with Gasteiger partial charge >= 0.3 is 5.97 Å². The number of para-hydroxylation sites is 2. The van der Waals surface area contributed by atoms with Crippen LogP contribution in [0.2, 0.25) is 0 Å². The molecule has 1 atom stereocenters. The number of nitrogens with zero attached hydrogens (tertiary/aromatic N) is 3. The van der Waals surface area contributed by atoms with Crippen LogP contribution in [-0.4, -0.2) is 34.6 Å². The Balaban J connectivity index is 1.55. The zero-order valence-electron chi connectivity index (χ0n) is 20.4. The van der Waals surface area contributed by atoms with Crippen LogP contribution < -0.4 is 10.3 Å². The Morgan fingerprint density at radius 1 is 1.11 bits per heavy atom. The predicted octanol–water partition coefficient (Wildman–Crippen LogP) is 6.55. The van der Waals surface area contributed by atoms with E-state index in [1.807, 2.05) is 36.4 Å². The molecule has 0 aliphatic rings. The quantitative estimate of drug-likeness (QED) is 0.148. The van der Waals surface area contributed by atoms with Gasteiger partial charge in [-0.1, -0.05) is 30.3 Å². The second kappa shape index (κ2) is 10.9. The van der Waals surface area contributed by atoms with Gasteiger partial charge in [0.2, 0.25) is 5.82 Å². The Morgan fingerprint density at radius 2 is 1.82 bits per heavy atom. The molecule has 0 spiro atoms. The highest BCUT2D eigenvalue weighted by molar-refractivity contribution is 9.11. The molecule has 0 N–H and O–H groups in total. The summed E-state index contributed by atoms with van der Waals surface area (Å²) in [4.78, 5) is 30.2. The number of halogens is 2. The maximum Gasteiger partial charge on any atom is 0.347 e. The fourth-order valence-electron chi connectivity index (χ4n) is 3.86. The Morgan fingerprint density at radius 3 is 2.55 bits per heavy atom. The number of hydrogen-bond acceptors (Lipinski definition) is 7. The molecular weight excluding hydrogens is 618 g/mol. The van der Waals surface area contributed by atoms with Crippen molar-refractivity contribution in [3.8, 4) is 17.3 Å². The lowest BCUT2D eigenvalue weighted by Crippen LogP contribution is -2.26. The summed E-state index contributed by atoms with van der Waals surface area (Å²) in [6, 6.07) is 20.0. The zero-order valence-corrected chi connectivity index (χ0v) is 23.5. The first-order valence-corrected chi connectivity index (χ1v) is 13.3. The van der Waals surface area contributed by atoms with Gasteiger partial charge in [0.1, 0.15) is 11.3 Å². The highest BCUT2D eigenvalue weighted by atomic mass is 79.9. The number of hydrogen-bond donors (Lipinski definition) is 0. The summed E-state index contributed by atoms with van der Waals surface area (Å²) in [5.74, 6) is 0.682. The van der Waals surface area contributed by atoms with E-state index >= 15 is 0 Å². The standard InChI is InChI=1S/C28H21Br2N3O5/c1-3-36-28(35)16(2)37-25-20(29)12-17(13-21(25)30)15-31-33-26(24-14-18-8-4-7-11-23(18)38-24)32-22-10-6-5-9-19(22)27(33)34/h4-16H,3H2,1-2H3/t16-/m1/s1. The molecule has 0 radical (unpaired) electrons. The average Bonchev–Trinajstić information content (AvgIpc) is 3.34. The van der Waals surface area contributed by atoms with Crippen molar-refractivity contribution in [2.45, 2.75) is 20.0 Å². The van der Waals surface area contributed by atoms with Crippen LogP contribution in [0.4, 0.5) is 0 Å². The summed E-state index contributed by atoms with van der Waals surface area (Å²) in [6.45, 7) is 3.62. The molecule has 38 heavy (non-hydrogen) atoms. The number of carbonyl (C=O) groups is 1. The molecule has 8 nitrogen and oxygen atoms in total. The van der Waals surface area contributed by atoms with Crippen LogP contribution in [0.5, 0.6) is 5.75 Å². The van der Waals surface area contributed by atoms with Crippen molar-refractivity contribution < 1.29 is 18.7 Å². The summed E-state index contributed by atoms with van der Waals surface area (Å²) in [5.41, 5.74) is 1.56. The number of carbonyl (C=O) groups excluding carboxylic acids is 1. The normalized spacial score (nSPS) is 12.3. The molecule has 5 rings (SSSR count). The summed E-state index contributed by atoms with van der Waals surface area (Å²) in [7, 11) is 0. The topological polar surface area (TPSA) is 95.9 Å². The molecule has 0 bridgehead atoms. The fraction of sp³-hybridized carbons (Fsp3) is 0.143. The molecule has 0 fully saturated rings. The van der Waals surface area contributed by atoms with E-state index in [0.29, 0.717) is 42.5 Å². The van der Waals surface area contributed by atoms with E-state index in [1.165, 1.54) is 10.9 Å². The van der Waals surface area contributed by atoms with E-state index in [2.05, 4.69) is 37.0 Å². The Hall–Kier alpha value is -3.76. The Kier molecular flexibility index (Phi) is 7.44. The van der Waals surface area contributed by atoms with E-state index in [-0.39, 0.29) is 18.0 Å². The van der Waals surface area contributed by atoms with Gasteiger partial charge in [-0.25, -0.2) is 9.78 Å². The van der Waals surface area contributed by atoms with Gasteiger partial charge in [0, 0.05) is 5.39 Å². The van der Waals surface area contributed by atoms with Crippen molar-refractivity contribution in [2.24, 2.45) is 5.10 Å². The van der Waals surface area contributed by atoms with E-state index in [1.54, 1.807) is 44.2 Å². The monoisotopic (exact) mass is 637 g/mol. The molecule has 0 unspecified atom stereocenters. The van der Waals surface area contributed by atoms with Gasteiger partial charge in [0.15, 0.2) is 11.9 Å². The van der Waals surface area contributed by atoms with E-state index in [9.17, 15) is 9.59 Å². The fourth-order valence-corrected chi connectivity index (χ4v) is 5.27. The summed E-state index contributed by atoms with van der Waals surface area (Å²) < 4.78 is 19.2. The minimum atomic E-state index is -0.796. The lowest BCUT2D eigenvalue weighted by Gasteiger charge is -2.16. The van der Waals surface area contributed by atoms with Crippen molar-refractivity contribution >= 4 is 65.9 Å². The van der Waals surface area contributed by atoms with Crippen molar-refractivity contribution in [1.82, 2.24) is 9.66 Å². The third-order valence-corrected chi connectivity index (χ3v) is 6.83. The molecular formula is C28H21Br2N3O5. The first kappa shape index (κ1) is 25.9. The van der Waals surface area contributed by atoms with Gasteiger partial charge in [0.05, 0.1) is 32.7 Å². The first-order valence-electron chi connectivity index (χ1n) is 11.7. The van der Waals surface area contributed by atoms with E-state index in [4.69, 9.17) is 18.9 Å². The van der Waals surface area contributed by atoms with Crippen molar-refractivity contribution in [1.29, 1.82) is 0 Å². The molecule has 0 aliphatic heterocycles. The molecule has 0 saturated carbocycles. The number of esters is 1. The van der Waals surface area contributed by atoms with E-state index < -0.39 is 12.1 Å². The van der Waals surface area contributed by atoms with Crippen molar-refractivity contribution in [3.63, 3.8) is 0 Å². The molecule has 0 aliphatic carbocycles. The highest BCUT2D eigenvalue weighted by Crippen LogP contribution is 2.35. The maximum atomic E-state index is 13.5. The van der Waals surface area contributed by atoms with Crippen LogP contribution in [0.15, 0.2) is 90.0 Å². The van der Waals surface area contributed by atoms with Crippen LogP contribution in [0.1, 0.15) is 19.4 Å². The summed E-state index contributed by atoms with van der Waals surface area (Å²) >= 11 is 6.99. The smallest absolute Gasteiger partial charge is 0.347 e. The lowest BCUT2D eigenvalue weighted by molar-refractivity contribution is -0.150. The molecule has 5 aromatic rings. The van der Waals surface area contributed by atoms with Crippen LogP contribution >= 0.6 is 31.9 Å². The number of furan rings is 1. The van der Waals surface area contributed by atoms with Gasteiger partial charge in [-0.2, -0.15) is 9.78 Å². The lowest BCUT2D eigenvalue weighted by atomic mass is 10.2. The summed E-state index contributed by atoms with van der Waals surface area (Å²) in [6.07, 6.45) is 0.744. The van der Waals surface area contributed by atoms with Gasteiger partial charge < -0.3 is 13.9 Å². The van der Waals surface area contributed by atoms with Crippen molar-refractivity contribution in [2.75, 3.05) is 6.61 Å². The van der Waals surface area contributed by atoms with Crippen LogP contribution in [-0.2, 0) is 9.53 Å². The van der Waals surface area contributed by atoms with Gasteiger partial charge in [0.25, 0.3) is 5.56 Å². The van der Waals surface area contributed by atoms with Gasteiger partial charge in [-0.15, -0.1) is 0 Å². The minimum Gasteiger partial charge on any atom is -0.477 e. The number of fused-ring (bicyclic) bond motifs is 2. The Labute approximate surface area is 234 Å². The van der Waals surface area contributed by atoms with E-state index in [0.717, 1.165) is 5.39 Å². The third-order valence-electron chi connectivity index (χ3n) is 5.66. The molecule has 3 aromatic carbocycles. The molecule has 0 amide bonds. The number of ether oxygens (including phenoxy) is 2. The summed E-state index contributed by atoms with van der Waals surface area (Å²) in [5, 5.41) is 5.82. The van der Waals surface area contributed by atoms with Crippen molar-refractivity contribution in [3.05, 3.63) is 91.6 Å². The Bertz CT molecular complexity index is 1700. The zero-order chi connectivity index (χ0) is 26.8. The SMILES string of the molecule is CCOC(=O)[C@@H](C)Oc1c(Br)cc(C=Nn2c(-c3cc4ccccc4o3)nc3ccccc3c2=O)cc1Br. The second-order valence-electron chi connectivity index (χ2n) is 8.29. The molecule has 0 saturated heterocycles. The third kappa shape index (κ3) is 5.14. The van der Waals surface area contributed by atoms with Gasteiger partial charge in [-0.3, -0.25) is 4.79 Å². The number of aromatic nitrogens is 2. The maximum absolute atomic E-state index is 13.5. The highest BCUT2D eigenvalue weighted by Gasteiger charge is 2.20.